The second-order valence-electron chi connectivity index (χ2n) is 4.74. The van der Waals surface area contributed by atoms with Crippen molar-refractivity contribution in [3.63, 3.8) is 0 Å². The molecule has 2 unspecified atom stereocenters. The quantitative estimate of drug-likeness (QED) is 0.870. The molecule has 1 aromatic carbocycles. The Balaban J connectivity index is 1.90. The SMILES string of the molecule is CCC1NC(c2ccc(Cl)cc2)Cc2[nH]ncc21. The molecule has 0 saturated heterocycles. The van der Waals surface area contributed by atoms with E-state index < -0.39 is 0 Å². The van der Waals surface area contributed by atoms with Crippen LogP contribution in [0.1, 0.15) is 42.2 Å². The van der Waals surface area contributed by atoms with Gasteiger partial charge in [0.1, 0.15) is 0 Å². The Kier molecular flexibility index (Phi) is 3.10. The van der Waals surface area contributed by atoms with Crippen LogP contribution in [0.2, 0.25) is 5.02 Å². The monoisotopic (exact) mass is 261 g/mol. The largest absolute Gasteiger partial charge is 0.303 e. The lowest BCUT2D eigenvalue weighted by Crippen LogP contribution is -2.32. The molecule has 3 nitrogen and oxygen atoms in total. The highest BCUT2D eigenvalue weighted by atomic mass is 35.5. The summed E-state index contributed by atoms with van der Waals surface area (Å²) in [7, 11) is 0. The molecule has 0 bridgehead atoms. The average molecular weight is 262 g/mol. The number of fused-ring (bicyclic) bond motifs is 1. The molecular weight excluding hydrogens is 246 g/mol. The molecule has 1 aliphatic rings. The van der Waals surface area contributed by atoms with Crippen molar-refractivity contribution < 1.29 is 0 Å². The minimum atomic E-state index is 0.333. The zero-order chi connectivity index (χ0) is 12.5. The molecule has 2 aromatic rings. The van der Waals surface area contributed by atoms with Crippen molar-refractivity contribution in [3.05, 3.63) is 52.3 Å². The van der Waals surface area contributed by atoms with Crippen molar-refractivity contribution in [3.8, 4) is 0 Å². The molecule has 0 amide bonds. The van der Waals surface area contributed by atoms with E-state index in [0.29, 0.717) is 12.1 Å². The molecule has 2 atom stereocenters. The lowest BCUT2D eigenvalue weighted by molar-refractivity contribution is 0.401. The highest BCUT2D eigenvalue weighted by Crippen LogP contribution is 2.32. The maximum absolute atomic E-state index is 5.93. The number of nitrogens with one attached hydrogen (secondary N) is 2. The summed E-state index contributed by atoms with van der Waals surface area (Å²) < 4.78 is 0. The van der Waals surface area contributed by atoms with Gasteiger partial charge in [0.25, 0.3) is 0 Å². The standard InChI is InChI=1S/C14H16ClN3/c1-2-12-11-8-16-18-14(11)7-13(17-12)9-3-5-10(15)6-4-9/h3-6,8,12-13,17H,2,7H2,1H3,(H,16,18). The van der Waals surface area contributed by atoms with Crippen molar-refractivity contribution >= 4 is 11.6 Å². The van der Waals surface area contributed by atoms with Gasteiger partial charge < -0.3 is 5.32 Å². The molecule has 0 aliphatic carbocycles. The molecule has 1 aliphatic heterocycles. The first kappa shape index (κ1) is 11.8. The first-order valence-corrected chi connectivity index (χ1v) is 6.69. The summed E-state index contributed by atoms with van der Waals surface area (Å²) in [5, 5.41) is 11.7. The summed E-state index contributed by atoms with van der Waals surface area (Å²) in [6.45, 7) is 2.19. The highest BCUT2D eigenvalue weighted by Gasteiger charge is 2.27. The number of hydrogen-bond acceptors (Lipinski definition) is 2. The van der Waals surface area contributed by atoms with Crippen LogP contribution in [0, 0.1) is 0 Å². The van der Waals surface area contributed by atoms with Crippen LogP contribution in [0.3, 0.4) is 0 Å². The molecule has 0 radical (unpaired) electrons. The van der Waals surface area contributed by atoms with Gasteiger partial charge in [-0.2, -0.15) is 5.10 Å². The van der Waals surface area contributed by atoms with Gasteiger partial charge in [0.15, 0.2) is 0 Å². The van der Waals surface area contributed by atoms with E-state index in [-0.39, 0.29) is 0 Å². The van der Waals surface area contributed by atoms with Crippen molar-refractivity contribution in [1.82, 2.24) is 15.5 Å². The number of benzene rings is 1. The van der Waals surface area contributed by atoms with Crippen LogP contribution in [-0.4, -0.2) is 10.2 Å². The number of halogens is 1. The molecule has 0 saturated carbocycles. The van der Waals surface area contributed by atoms with Gasteiger partial charge in [-0.15, -0.1) is 0 Å². The van der Waals surface area contributed by atoms with Crippen molar-refractivity contribution in [2.24, 2.45) is 0 Å². The Morgan fingerprint density at radius 3 is 2.83 bits per heavy atom. The van der Waals surface area contributed by atoms with Crippen molar-refractivity contribution in [2.45, 2.75) is 31.8 Å². The van der Waals surface area contributed by atoms with E-state index in [0.717, 1.165) is 17.9 Å². The predicted molar refractivity (Wildman–Crippen MR) is 72.7 cm³/mol. The van der Waals surface area contributed by atoms with Gasteiger partial charge in [0.2, 0.25) is 0 Å². The summed E-state index contributed by atoms with van der Waals surface area (Å²) in [5.41, 5.74) is 3.83. The molecule has 18 heavy (non-hydrogen) atoms. The van der Waals surface area contributed by atoms with Gasteiger partial charge in [-0.3, -0.25) is 5.10 Å². The van der Waals surface area contributed by atoms with Crippen LogP contribution in [0.4, 0.5) is 0 Å². The Hall–Kier alpha value is -1.32. The maximum atomic E-state index is 5.93. The van der Waals surface area contributed by atoms with Gasteiger partial charge in [0, 0.05) is 34.8 Å². The summed E-state index contributed by atoms with van der Waals surface area (Å²) in [6, 6.07) is 8.79. The number of aromatic nitrogens is 2. The normalized spacial score (nSPS) is 22.8. The molecule has 2 N–H and O–H groups in total. The third kappa shape index (κ3) is 2.04. The van der Waals surface area contributed by atoms with E-state index in [9.17, 15) is 0 Å². The van der Waals surface area contributed by atoms with Gasteiger partial charge >= 0.3 is 0 Å². The first-order chi connectivity index (χ1) is 8.78. The highest BCUT2D eigenvalue weighted by molar-refractivity contribution is 6.30. The number of nitrogens with zero attached hydrogens (tertiary/aromatic N) is 1. The Bertz CT molecular complexity index is 532. The van der Waals surface area contributed by atoms with E-state index in [1.165, 1.54) is 16.8 Å². The van der Waals surface area contributed by atoms with E-state index >= 15 is 0 Å². The number of hydrogen-bond donors (Lipinski definition) is 2. The number of aromatic amines is 1. The van der Waals surface area contributed by atoms with Crippen LogP contribution in [-0.2, 0) is 6.42 Å². The van der Waals surface area contributed by atoms with Crippen molar-refractivity contribution in [1.29, 1.82) is 0 Å². The third-order valence-electron chi connectivity index (χ3n) is 3.62. The van der Waals surface area contributed by atoms with Crippen LogP contribution < -0.4 is 5.32 Å². The van der Waals surface area contributed by atoms with E-state index in [1.54, 1.807) is 0 Å². The second kappa shape index (κ2) is 4.75. The Morgan fingerprint density at radius 2 is 2.11 bits per heavy atom. The predicted octanol–water partition coefficient (Wildman–Crippen LogP) is 3.40. The summed E-state index contributed by atoms with van der Waals surface area (Å²) in [4.78, 5) is 0. The summed E-state index contributed by atoms with van der Waals surface area (Å²) >= 11 is 5.93. The van der Waals surface area contributed by atoms with Crippen LogP contribution in [0.25, 0.3) is 0 Å². The Labute approximate surface area is 112 Å². The van der Waals surface area contributed by atoms with Gasteiger partial charge in [0.05, 0.1) is 6.20 Å². The van der Waals surface area contributed by atoms with Crippen LogP contribution >= 0.6 is 11.6 Å². The number of H-pyrrole nitrogens is 1. The zero-order valence-electron chi connectivity index (χ0n) is 10.3. The lowest BCUT2D eigenvalue weighted by atomic mass is 9.91. The molecule has 4 heteroatoms. The lowest BCUT2D eigenvalue weighted by Gasteiger charge is -2.30. The molecule has 1 aromatic heterocycles. The van der Waals surface area contributed by atoms with E-state index in [4.69, 9.17) is 11.6 Å². The number of rotatable bonds is 2. The Morgan fingerprint density at radius 1 is 1.33 bits per heavy atom. The average Bonchev–Trinajstić information content (AvgIpc) is 2.86. The molecule has 3 rings (SSSR count). The molecule has 0 spiro atoms. The van der Waals surface area contributed by atoms with Crippen LogP contribution in [0.15, 0.2) is 30.5 Å². The van der Waals surface area contributed by atoms with E-state index in [2.05, 4.69) is 34.6 Å². The van der Waals surface area contributed by atoms with Gasteiger partial charge in [-0.25, -0.2) is 0 Å². The fraction of sp³-hybridized carbons (Fsp3) is 0.357. The summed E-state index contributed by atoms with van der Waals surface area (Å²) in [5.74, 6) is 0. The first-order valence-electron chi connectivity index (χ1n) is 6.31. The topological polar surface area (TPSA) is 40.7 Å². The fourth-order valence-electron chi connectivity index (χ4n) is 2.63. The minimum absolute atomic E-state index is 0.333. The van der Waals surface area contributed by atoms with Crippen molar-refractivity contribution in [2.75, 3.05) is 0 Å². The second-order valence-corrected chi connectivity index (χ2v) is 5.18. The van der Waals surface area contributed by atoms with Gasteiger partial charge in [-0.05, 0) is 24.1 Å². The van der Waals surface area contributed by atoms with E-state index in [1.807, 2.05) is 18.3 Å². The molecular formula is C14H16ClN3. The fourth-order valence-corrected chi connectivity index (χ4v) is 2.75. The van der Waals surface area contributed by atoms with Gasteiger partial charge in [-0.1, -0.05) is 30.7 Å². The minimum Gasteiger partial charge on any atom is -0.303 e. The third-order valence-corrected chi connectivity index (χ3v) is 3.87. The maximum Gasteiger partial charge on any atom is 0.0538 e. The smallest absolute Gasteiger partial charge is 0.0538 e. The zero-order valence-corrected chi connectivity index (χ0v) is 11.0. The molecule has 94 valence electrons. The molecule has 2 heterocycles. The summed E-state index contributed by atoms with van der Waals surface area (Å²) in [6.07, 6.45) is 3.96. The molecule has 0 fully saturated rings. The van der Waals surface area contributed by atoms with Crippen LogP contribution in [0.5, 0.6) is 0 Å².